The number of aliphatic hydroxyl groups excluding tert-OH is 1. The van der Waals surface area contributed by atoms with Crippen molar-refractivity contribution >= 4 is 22.7 Å². The van der Waals surface area contributed by atoms with Gasteiger partial charge in [-0.25, -0.2) is 32.5 Å². The number of nitrogens with zero attached hydrogens (tertiary/aromatic N) is 6. The number of methoxy groups -OCH3 is 2. The Morgan fingerprint density at radius 3 is 2.60 bits per heavy atom. The van der Waals surface area contributed by atoms with Crippen LogP contribution in [0.15, 0.2) is 37.1 Å². The first-order chi connectivity index (χ1) is 19.1. The highest BCUT2D eigenvalue weighted by atomic mass is 19.3. The van der Waals surface area contributed by atoms with Crippen molar-refractivity contribution in [2.24, 2.45) is 5.73 Å². The fraction of sp³-hybridized carbons (Fsp3) is 0.360. The van der Waals surface area contributed by atoms with Gasteiger partial charge < -0.3 is 35.5 Å². The number of aromatic nitrogens is 5. The normalized spacial score (nSPS) is 20.0. The number of alkyl halides is 2. The van der Waals surface area contributed by atoms with Gasteiger partial charge >= 0.3 is 0 Å². The minimum Gasteiger partial charge on any atom is -0.494 e. The molecule has 1 aromatic carbocycles. The minimum atomic E-state index is -3.10. The van der Waals surface area contributed by atoms with Crippen LogP contribution in [-0.2, 0) is 11.3 Å². The van der Waals surface area contributed by atoms with Crippen molar-refractivity contribution in [2.45, 2.75) is 30.7 Å². The van der Waals surface area contributed by atoms with Gasteiger partial charge in [0.2, 0.25) is 0 Å². The van der Waals surface area contributed by atoms with Crippen LogP contribution in [-0.4, -0.2) is 81.1 Å². The van der Waals surface area contributed by atoms with E-state index in [1.165, 1.54) is 39.1 Å². The minimum absolute atomic E-state index is 0.0517. The number of rotatable bonds is 8. The van der Waals surface area contributed by atoms with Gasteiger partial charge in [0.15, 0.2) is 23.0 Å². The van der Waals surface area contributed by atoms with E-state index in [4.69, 9.17) is 20.9 Å². The number of imidazole rings is 1. The van der Waals surface area contributed by atoms with Crippen LogP contribution in [0.4, 0.5) is 29.1 Å². The summed E-state index contributed by atoms with van der Waals surface area (Å²) < 4.78 is 68.4. The smallest absolute Gasteiger partial charge is 0.266 e. The van der Waals surface area contributed by atoms with Crippen molar-refractivity contribution in [1.82, 2.24) is 24.5 Å². The predicted molar refractivity (Wildman–Crippen MR) is 137 cm³/mol. The quantitative estimate of drug-likeness (QED) is 0.272. The summed E-state index contributed by atoms with van der Waals surface area (Å²) in [5.41, 5.74) is 12.1. The number of aliphatic hydroxyl groups is 1. The monoisotopic (exact) mass is 562 g/mol. The van der Waals surface area contributed by atoms with Gasteiger partial charge in [0, 0.05) is 31.8 Å². The van der Waals surface area contributed by atoms with E-state index in [1.54, 1.807) is 9.47 Å². The molecule has 3 atom stereocenters. The molecule has 5 rings (SSSR count). The van der Waals surface area contributed by atoms with E-state index < -0.39 is 35.8 Å². The van der Waals surface area contributed by atoms with Crippen LogP contribution in [0.25, 0.3) is 22.4 Å². The van der Waals surface area contributed by atoms with Crippen molar-refractivity contribution in [3.8, 4) is 17.0 Å². The fourth-order valence-corrected chi connectivity index (χ4v) is 4.99. The number of fused-ring (bicyclic) bond motifs is 1. The van der Waals surface area contributed by atoms with Gasteiger partial charge in [-0.3, -0.25) is 4.98 Å². The number of ether oxygens (including phenoxy) is 2. The summed E-state index contributed by atoms with van der Waals surface area (Å²) in [5.74, 6) is -1.64. The van der Waals surface area contributed by atoms with Crippen LogP contribution < -0.4 is 21.1 Å². The third-order valence-corrected chi connectivity index (χ3v) is 7.12. The van der Waals surface area contributed by atoms with E-state index in [0.29, 0.717) is 22.4 Å². The van der Waals surface area contributed by atoms with E-state index in [-0.39, 0.29) is 42.5 Å². The highest BCUT2D eigenvalue weighted by Crippen LogP contribution is 2.36. The van der Waals surface area contributed by atoms with Gasteiger partial charge in [0.25, 0.3) is 6.43 Å². The number of nitrogen functional groups attached to an aromatic ring is 1. The van der Waals surface area contributed by atoms with Crippen LogP contribution in [0.5, 0.6) is 5.75 Å². The number of halogens is 4. The van der Waals surface area contributed by atoms with Crippen molar-refractivity contribution in [2.75, 3.05) is 37.9 Å². The van der Waals surface area contributed by atoms with E-state index >= 15 is 0 Å². The Hall–Kier alpha value is -4.08. The van der Waals surface area contributed by atoms with Crippen LogP contribution in [0, 0.1) is 11.6 Å². The second-order valence-corrected chi connectivity index (χ2v) is 9.46. The molecule has 1 fully saturated rings. The molecule has 5 N–H and O–H groups in total. The molecule has 40 heavy (non-hydrogen) atoms. The zero-order chi connectivity index (χ0) is 28.8. The van der Waals surface area contributed by atoms with Crippen molar-refractivity contribution in [3.63, 3.8) is 0 Å². The summed E-state index contributed by atoms with van der Waals surface area (Å²) in [6.45, 7) is -0.0479. The summed E-state index contributed by atoms with van der Waals surface area (Å²) in [6.07, 6.45) is -2.03. The molecule has 1 aliphatic heterocycles. The molecule has 0 saturated carbocycles. The number of hydrogen-bond acceptors (Lipinski definition) is 10. The van der Waals surface area contributed by atoms with Crippen LogP contribution in [0.1, 0.15) is 5.56 Å². The van der Waals surface area contributed by atoms with E-state index in [0.717, 1.165) is 12.1 Å². The Balaban J connectivity index is 1.61. The largest absolute Gasteiger partial charge is 0.494 e. The number of anilines is 2. The molecule has 1 aliphatic rings. The Morgan fingerprint density at radius 1 is 1.12 bits per heavy atom. The molecule has 4 heterocycles. The molecular weight excluding hydrogens is 536 g/mol. The number of pyridine rings is 1. The number of nitrogens with two attached hydrogens (primary N) is 2. The van der Waals surface area contributed by atoms with Gasteiger partial charge in [-0.15, -0.1) is 0 Å². The zero-order valence-electron chi connectivity index (χ0n) is 21.4. The molecule has 0 aliphatic carbocycles. The third-order valence-electron chi connectivity index (χ3n) is 7.12. The molecule has 3 aromatic heterocycles. The van der Waals surface area contributed by atoms with Crippen LogP contribution in [0.3, 0.4) is 0 Å². The first-order valence-electron chi connectivity index (χ1n) is 12.0. The molecule has 0 spiro atoms. The average Bonchev–Trinajstić information content (AvgIpc) is 3.51. The molecule has 0 radical (unpaired) electrons. The van der Waals surface area contributed by atoms with Crippen LogP contribution >= 0.6 is 0 Å². The van der Waals surface area contributed by atoms with Gasteiger partial charge in [0.05, 0.1) is 49.2 Å². The maximum Gasteiger partial charge on any atom is 0.266 e. The lowest BCUT2D eigenvalue weighted by atomic mass is 9.90. The third kappa shape index (κ3) is 4.65. The fourth-order valence-electron chi connectivity index (χ4n) is 4.99. The highest BCUT2D eigenvalue weighted by molar-refractivity contribution is 5.81. The molecule has 1 saturated heterocycles. The summed E-state index contributed by atoms with van der Waals surface area (Å²) in [6, 6.07) is 3.43. The average molecular weight is 563 g/mol. The van der Waals surface area contributed by atoms with Crippen molar-refractivity contribution in [3.05, 3.63) is 54.2 Å². The number of hydrogen-bond donors (Lipinski definition) is 3. The SMILES string of the molecule is COc1cc(F)c(-c2cc(Cn3cnc4c(N)ncnc43)c(N3CC(OC)[C@](N)([C@H](O)C(F)F)C3)cn2)cc1F. The Bertz CT molecular complexity index is 1550. The van der Waals surface area contributed by atoms with Crippen molar-refractivity contribution < 1.29 is 32.1 Å². The molecule has 4 aromatic rings. The standard InChI is InChI=1S/C25H26F4N8O3/c1-39-18-5-14(26)13(4-15(18)27)16-3-12(7-37-11-35-20-23(30)33-10-34-24(20)37)17(6-32-16)36-8-19(40-2)25(31,9-36)21(38)22(28)29/h3-6,10-11,19,21-22,38H,7-9,31H2,1-2H3,(H2,30,33,34)/t19?,21-,25+/m1/s1. The van der Waals surface area contributed by atoms with Crippen molar-refractivity contribution in [1.29, 1.82) is 0 Å². The zero-order valence-corrected chi connectivity index (χ0v) is 21.4. The molecule has 15 heteroatoms. The lowest BCUT2D eigenvalue weighted by Crippen LogP contribution is -2.62. The van der Waals surface area contributed by atoms with Gasteiger partial charge in [-0.1, -0.05) is 0 Å². The van der Waals surface area contributed by atoms with Gasteiger partial charge in [0.1, 0.15) is 23.8 Å². The number of benzene rings is 1. The predicted octanol–water partition coefficient (Wildman–Crippen LogP) is 1.96. The molecular formula is C25H26F4N8O3. The van der Waals surface area contributed by atoms with E-state index in [9.17, 15) is 22.7 Å². The first kappa shape index (κ1) is 27.5. The lowest BCUT2D eigenvalue weighted by Gasteiger charge is -2.33. The molecule has 11 nitrogen and oxygen atoms in total. The van der Waals surface area contributed by atoms with Gasteiger partial charge in [-0.2, -0.15) is 0 Å². The Morgan fingerprint density at radius 2 is 1.90 bits per heavy atom. The molecule has 0 amide bonds. The van der Waals surface area contributed by atoms with E-state index in [2.05, 4.69) is 19.9 Å². The molecule has 1 unspecified atom stereocenters. The lowest BCUT2D eigenvalue weighted by molar-refractivity contribution is -0.0801. The van der Waals surface area contributed by atoms with Gasteiger partial charge in [-0.05, 0) is 17.7 Å². The second-order valence-electron chi connectivity index (χ2n) is 9.46. The molecule has 0 bridgehead atoms. The van der Waals surface area contributed by atoms with Crippen LogP contribution in [0.2, 0.25) is 0 Å². The summed E-state index contributed by atoms with van der Waals surface area (Å²) in [7, 11) is 2.54. The first-order valence-corrected chi connectivity index (χ1v) is 12.0. The summed E-state index contributed by atoms with van der Waals surface area (Å²) >= 11 is 0. The maximum atomic E-state index is 15.0. The maximum absolute atomic E-state index is 15.0. The highest BCUT2D eigenvalue weighted by Gasteiger charge is 2.52. The Kier molecular flexibility index (Phi) is 7.20. The Labute approximate surface area is 225 Å². The topological polar surface area (TPSA) is 150 Å². The molecule has 212 valence electrons. The van der Waals surface area contributed by atoms with E-state index in [1.807, 2.05) is 0 Å². The summed E-state index contributed by atoms with van der Waals surface area (Å²) in [5, 5.41) is 10.2. The summed E-state index contributed by atoms with van der Waals surface area (Å²) in [4.78, 5) is 18.4. The second kappa shape index (κ2) is 10.5.